The molecule has 0 spiro atoms. The van der Waals surface area contributed by atoms with Crippen LogP contribution < -0.4 is 5.32 Å². The molecule has 2 rings (SSSR count). The highest BCUT2D eigenvalue weighted by Gasteiger charge is 2.26. The highest BCUT2D eigenvalue weighted by Crippen LogP contribution is 2.19. The Morgan fingerprint density at radius 2 is 2.12 bits per heavy atom. The van der Waals surface area contributed by atoms with E-state index in [1.54, 1.807) is 16.2 Å². The molecule has 0 unspecified atom stereocenters. The molecule has 7 heteroatoms. The van der Waals surface area contributed by atoms with Crippen molar-refractivity contribution in [1.82, 2.24) is 10.2 Å². The zero-order valence-corrected chi connectivity index (χ0v) is 17.7. The molecule has 1 fully saturated rings. The Balaban J connectivity index is 1.51. The van der Waals surface area contributed by atoms with Gasteiger partial charge < -0.3 is 19.7 Å². The van der Waals surface area contributed by atoms with Gasteiger partial charge in [-0.1, -0.05) is 0 Å². The average molecular weight is 433 g/mol. The summed E-state index contributed by atoms with van der Waals surface area (Å²) in [4.78, 5) is 15.1. The van der Waals surface area contributed by atoms with Gasteiger partial charge in [-0.05, 0) is 68.6 Å². The van der Waals surface area contributed by atoms with Crippen molar-refractivity contribution in [2.75, 3.05) is 26.2 Å². The van der Waals surface area contributed by atoms with E-state index in [4.69, 9.17) is 9.47 Å². The van der Waals surface area contributed by atoms with Crippen LogP contribution in [0, 0.1) is 0 Å². The summed E-state index contributed by atoms with van der Waals surface area (Å²) in [6.45, 7) is 9.73. The minimum Gasteiger partial charge on any atom is -0.444 e. The molecule has 1 saturated heterocycles. The number of piperidine rings is 1. The first-order chi connectivity index (χ1) is 11.8. The molecule has 0 aromatic carbocycles. The van der Waals surface area contributed by atoms with Crippen LogP contribution >= 0.6 is 27.3 Å². The minimum absolute atomic E-state index is 0.213. The van der Waals surface area contributed by atoms with Gasteiger partial charge in [0, 0.05) is 41.0 Å². The monoisotopic (exact) mass is 432 g/mol. The summed E-state index contributed by atoms with van der Waals surface area (Å²) < 4.78 is 12.5. The van der Waals surface area contributed by atoms with Crippen LogP contribution in [0.2, 0.25) is 0 Å². The number of nitrogens with one attached hydrogen (secondary N) is 1. The normalized spacial score (nSPS) is 16.2. The van der Waals surface area contributed by atoms with E-state index in [0.717, 1.165) is 43.4 Å². The van der Waals surface area contributed by atoms with Gasteiger partial charge in [-0.15, -0.1) is 11.3 Å². The minimum atomic E-state index is -0.434. The van der Waals surface area contributed by atoms with Crippen LogP contribution in [0.4, 0.5) is 4.79 Å². The molecule has 1 amide bonds. The Hall–Kier alpha value is -0.630. The number of likely N-dealkylation sites (tertiary alicyclic amines) is 1. The molecule has 1 aromatic rings. The van der Waals surface area contributed by atoms with Crippen LogP contribution in [0.15, 0.2) is 15.9 Å². The number of hydrogen-bond donors (Lipinski definition) is 1. The smallest absolute Gasteiger partial charge is 0.410 e. The first kappa shape index (κ1) is 20.7. The number of ether oxygens (including phenoxy) is 2. The Morgan fingerprint density at radius 3 is 2.72 bits per heavy atom. The van der Waals surface area contributed by atoms with E-state index in [2.05, 4.69) is 32.7 Å². The van der Waals surface area contributed by atoms with Crippen LogP contribution in [0.1, 0.15) is 44.9 Å². The van der Waals surface area contributed by atoms with E-state index in [1.165, 1.54) is 4.88 Å². The van der Waals surface area contributed by atoms with Crippen molar-refractivity contribution < 1.29 is 14.3 Å². The molecule has 0 atom stereocenters. The largest absolute Gasteiger partial charge is 0.444 e. The van der Waals surface area contributed by atoms with Crippen molar-refractivity contribution >= 4 is 33.4 Å². The van der Waals surface area contributed by atoms with Gasteiger partial charge in [0.25, 0.3) is 0 Å². The number of carbonyl (C=O) groups is 1. The SMILES string of the molecule is CC(C)(C)OC(=O)N1CCC(OCCCNCc2cc(Br)cs2)CC1. The van der Waals surface area contributed by atoms with Crippen molar-refractivity contribution in [3.8, 4) is 0 Å². The Labute approximate surface area is 163 Å². The third kappa shape index (κ3) is 8.07. The fourth-order valence-corrected chi connectivity index (χ4v) is 4.06. The second-order valence-corrected chi connectivity index (χ2v) is 9.21. The number of carbonyl (C=O) groups excluding carboxylic acids is 1. The van der Waals surface area contributed by atoms with E-state index in [9.17, 15) is 4.79 Å². The molecule has 25 heavy (non-hydrogen) atoms. The number of amides is 1. The van der Waals surface area contributed by atoms with Crippen molar-refractivity contribution in [2.45, 2.75) is 58.3 Å². The van der Waals surface area contributed by atoms with Crippen molar-refractivity contribution in [3.63, 3.8) is 0 Å². The molecule has 0 radical (unpaired) electrons. The summed E-state index contributed by atoms with van der Waals surface area (Å²) in [5, 5.41) is 5.54. The molecule has 1 aromatic heterocycles. The number of hydrogen-bond acceptors (Lipinski definition) is 5. The standard InChI is InChI=1S/C18H29BrN2O3S/c1-18(2,3)24-17(22)21-8-5-15(6-9-21)23-10-4-7-20-12-16-11-14(19)13-25-16/h11,13,15,20H,4-10,12H2,1-3H3. The first-order valence-corrected chi connectivity index (χ1v) is 10.5. The number of thiophene rings is 1. The predicted molar refractivity (Wildman–Crippen MR) is 105 cm³/mol. The highest BCUT2D eigenvalue weighted by atomic mass is 79.9. The fraction of sp³-hybridized carbons (Fsp3) is 0.722. The predicted octanol–water partition coefficient (Wildman–Crippen LogP) is 4.41. The van der Waals surface area contributed by atoms with Gasteiger partial charge in [0.15, 0.2) is 0 Å². The second kappa shape index (κ2) is 9.90. The average Bonchev–Trinajstić information content (AvgIpc) is 2.95. The summed E-state index contributed by atoms with van der Waals surface area (Å²) in [5.74, 6) is 0. The molecule has 2 heterocycles. The third-order valence-electron chi connectivity index (χ3n) is 3.87. The van der Waals surface area contributed by atoms with Crippen LogP contribution in [-0.2, 0) is 16.0 Å². The lowest BCUT2D eigenvalue weighted by Gasteiger charge is -2.33. The lowest BCUT2D eigenvalue weighted by atomic mass is 10.1. The Kier molecular flexibility index (Phi) is 8.19. The van der Waals surface area contributed by atoms with E-state index >= 15 is 0 Å². The van der Waals surface area contributed by atoms with Gasteiger partial charge in [0.2, 0.25) is 0 Å². The summed E-state index contributed by atoms with van der Waals surface area (Å²) in [6, 6.07) is 2.15. The first-order valence-electron chi connectivity index (χ1n) is 8.86. The molecule has 142 valence electrons. The van der Waals surface area contributed by atoms with E-state index in [0.29, 0.717) is 13.1 Å². The van der Waals surface area contributed by atoms with Crippen molar-refractivity contribution in [1.29, 1.82) is 0 Å². The molecular formula is C18H29BrN2O3S. The fourth-order valence-electron chi connectivity index (χ4n) is 2.64. The molecule has 1 aliphatic heterocycles. The molecule has 0 saturated carbocycles. The molecule has 1 N–H and O–H groups in total. The van der Waals surface area contributed by atoms with Gasteiger partial charge in [-0.3, -0.25) is 0 Å². The summed E-state index contributed by atoms with van der Waals surface area (Å²) in [5.41, 5.74) is -0.434. The Morgan fingerprint density at radius 1 is 1.40 bits per heavy atom. The van der Waals surface area contributed by atoms with Gasteiger partial charge in [0.05, 0.1) is 6.10 Å². The van der Waals surface area contributed by atoms with Crippen LogP contribution in [-0.4, -0.2) is 48.9 Å². The van der Waals surface area contributed by atoms with E-state index < -0.39 is 5.60 Å². The number of nitrogens with zero attached hydrogens (tertiary/aromatic N) is 1. The zero-order valence-electron chi connectivity index (χ0n) is 15.3. The van der Waals surface area contributed by atoms with Gasteiger partial charge in [0.1, 0.15) is 5.60 Å². The topological polar surface area (TPSA) is 50.8 Å². The zero-order chi connectivity index (χ0) is 18.3. The number of rotatable bonds is 7. The molecular weight excluding hydrogens is 404 g/mol. The van der Waals surface area contributed by atoms with Crippen LogP contribution in [0.5, 0.6) is 0 Å². The summed E-state index contributed by atoms with van der Waals surface area (Å²) in [6.07, 6.45) is 2.81. The maximum atomic E-state index is 12.0. The second-order valence-electron chi connectivity index (χ2n) is 7.30. The van der Waals surface area contributed by atoms with Crippen LogP contribution in [0.25, 0.3) is 0 Å². The lowest BCUT2D eigenvalue weighted by molar-refractivity contribution is -0.0117. The maximum absolute atomic E-state index is 12.0. The van der Waals surface area contributed by atoms with Crippen LogP contribution in [0.3, 0.4) is 0 Å². The number of halogens is 1. The highest BCUT2D eigenvalue weighted by molar-refractivity contribution is 9.10. The molecule has 0 bridgehead atoms. The summed E-state index contributed by atoms with van der Waals surface area (Å²) >= 11 is 5.23. The lowest BCUT2D eigenvalue weighted by Crippen LogP contribution is -2.43. The Bertz CT molecular complexity index is 537. The molecule has 0 aliphatic carbocycles. The van der Waals surface area contributed by atoms with E-state index in [1.807, 2.05) is 20.8 Å². The molecule has 5 nitrogen and oxygen atoms in total. The van der Waals surface area contributed by atoms with Gasteiger partial charge >= 0.3 is 6.09 Å². The third-order valence-corrected chi connectivity index (χ3v) is 5.56. The quantitative estimate of drug-likeness (QED) is 0.648. The van der Waals surface area contributed by atoms with Crippen molar-refractivity contribution in [3.05, 3.63) is 20.8 Å². The maximum Gasteiger partial charge on any atom is 0.410 e. The van der Waals surface area contributed by atoms with Gasteiger partial charge in [-0.2, -0.15) is 0 Å². The van der Waals surface area contributed by atoms with Crippen molar-refractivity contribution in [2.24, 2.45) is 0 Å². The summed E-state index contributed by atoms with van der Waals surface area (Å²) in [7, 11) is 0. The van der Waals surface area contributed by atoms with E-state index in [-0.39, 0.29) is 12.2 Å². The molecule has 1 aliphatic rings. The van der Waals surface area contributed by atoms with Gasteiger partial charge in [-0.25, -0.2) is 4.79 Å².